The van der Waals surface area contributed by atoms with Crippen LogP contribution in [0.25, 0.3) is 0 Å². The maximum atomic E-state index is 8.93. The van der Waals surface area contributed by atoms with Gasteiger partial charge in [-0.1, -0.05) is 138 Å². The Morgan fingerprint density at radius 1 is 0.108 bits per heavy atom. The second-order valence-electron chi connectivity index (χ2n) is 5.77. The van der Waals surface area contributed by atoms with Crippen LogP contribution in [0.4, 0.5) is 0 Å². The molecule has 0 saturated heterocycles. The Morgan fingerprint density at radius 3 is 0.108 bits per heavy atom. The van der Waals surface area contributed by atoms with E-state index in [0.29, 0.717) is 0 Å². The number of rotatable bonds is 0. The van der Waals surface area contributed by atoms with Gasteiger partial charge in [-0.15, -0.1) is 132 Å². The maximum Gasteiger partial charge on any atom is 0 e. The van der Waals surface area contributed by atoms with Crippen molar-refractivity contribution in [2.75, 3.05) is 132 Å². The molecule has 0 aromatic rings. The van der Waals surface area contributed by atoms with Crippen LogP contribution in [-0.4, -0.2) is 132 Å². The van der Waals surface area contributed by atoms with E-state index in [4.69, 9.17) is 102 Å². The van der Waals surface area contributed by atoms with Crippen LogP contribution < -0.4 is 102 Å². The minimum Gasteiger partial charge on any atom is -0.855 e. The number of hydrogen-bond acceptors (Lipinski definition) is 20. The summed E-state index contributed by atoms with van der Waals surface area (Å²) in [4.78, 5) is 0. The molecule has 25 heteroatoms. The normalized spacial score (nSPS) is 5.54. The summed E-state index contributed by atoms with van der Waals surface area (Å²) in [6, 6.07) is 0. The Labute approximate surface area is 474 Å². The minimum atomic E-state index is 0. The van der Waals surface area contributed by atoms with Crippen molar-refractivity contribution in [2.45, 2.75) is 138 Å². The molecule has 0 radical (unpaired) electrons. The van der Waals surface area contributed by atoms with Gasteiger partial charge in [0, 0.05) is 105 Å². The largest absolute Gasteiger partial charge is 0.855 e. The van der Waals surface area contributed by atoms with Crippen LogP contribution in [0.5, 0.6) is 0 Å². The van der Waals surface area contributed by atoms with E-state index < -0.39 is 0 Å². The van der Waals surface area contributed by atoms with E-state index in [-0.39, 0.29) is 237 Å². The third-order valence-electron chi connectivity index (χ3n) is 0. The molecule has 0 unspecified atom stereocenters. The van der Waals surface area contributed by atoms with Gasteiger partial charge in [0.25, 0.3) is 0 Å². The van der Waals surface area contributed by atoms with Crippen molar-refractivity contribution in [3.05, 3.63) is 0 Å². The van der Waals surface area contributed by atoms with Gasteiger partial charge in [0.2, 0.25) is 0 Å². The zero-order valence-corrected chi connectivity index (χ0v) is 59.0. The monoisotopic (exact) mass is 1820 g/mol. The van der Waals surface area contributed by atoms with Gasteiger partial charge in [0.15, 0.2) is 0 Å². The van der Waals surface area contributed by atoms with Gasteiger partial charge in [-0.25, -0.2) is 0 Å². The van der Waals surface area contributed by atoms with E-state index in [1.54, 1.807) is 138 Å². The molecule has 0 aliphatic rings. The first kappa shape index (κ1) is 165. The molecule has 65 heavy (non-hydrogen) atoms. The fraction of sp³-hybridized carbons (Fsp3) is 1.00. The zero-order valence-electron chi connectivity index (χ0n) is 44.3. The van der Waals surface area contributed by atoms with Crippen LogP contribution in [0.2, 0.25) is 0 Å². The van der Waals surface area contributed by atoms with E-state index >= 15 is 0 Å². The van der Waals surface area contributed by atoms with Crippen molar-refractivity contribution in [3.63, 3.8) is 0 Å². The molecule has 0 aromatic carbocycles. The Hall–Kier alpha value is 2.64. The molecule has 0 bridgehead atoms. The summed E-state index contributed by atoms with van der Waals surface area (Å²) < 4.78 is 0. The zero-order chi connectivity index (χ0) is 54.1. The Bertz CT molecular complexity index is 167. The van der Waals surface area contributed by atoms with Crippen LogP contribution in [0.15, 0.2) is 0 Å². The van der Waals surface area contributed by atoms with E-state index in [9.17, 15) is 0 Å². The first-order chi connectivity index (χ1) is 28.3. The predicted molar refractivity (Wildman–Crippen MR) is 211 cm³/mol. The van der Waals surface area contributed by atoms with Gasteiger partial charge in [-0.05, 0) is 0 Å². The molecule has 0 amide bonds. The molecule has 0 spiro atoms. The first-order valence-corrected chi connectivity index (χ1v) is 19.9. The molecular formula is C40H100O20W5-20. The Balaban J connectivity index is -0.0000000112. The van der Waals surface area contributed by atoms with Gasteiger partial charge in [0.05, 0.1) is 0 Å². The van der Waals surface area contributed by atoms with Gasteiger partial charge in [-0.3, -0.25) is 0 Å². The second kappa shape index (κ2) is 560. The van der Waals surface area contributed by atoms with Crippen molar-refractivity contribution in [2.24, 2.45) is 0 Å². The number of hydrogen-bond donors (Lipinski definition) is 0. The molecule has 0 N–H and O–H groups in total. The second-order valence-corrected chi connectivity index (χ2v) is 5.77. The molecule has 0 atom stereocenters. The topological polar surface area (TPSA) is 461 Å². The molecule has 0 aliphatic heterocycles. The van der Waals surface area contributed by atoms with Gasteiger partial charge in [0.1, 0.15) is 0 Å². The Morgan fingerprint density at radius 2 is 0.108 bits per heavy atom. The summed E-state index contributed by atoms with van der Waals surface area (Å²) in [5.41, 5.74) is 0. The summed E-state index contributed by atoms with van der Waals surface area (Å²) >= 11 is 0. The molecular weight excluding hydrogens is 1720 g/mol. The molecule has 20 nitrogen and oxygen atoms in total. The molecule has 430 valence electrons. The van der Waals surface area contributed by atoms with Crippen molar-refractivity contribution in [1.29, 1.82) is 0 Å². The summed E-state index contributed by atoms with van der Waals surface area (Å²) in [5, 5.41) is 179. The average molecular weight is 1820 g/mol. The van der Waals surface area contributed by atoms with Crippen LogP contribution in [-0.2, 0) is 105 Å². The third-order valence-corrected chi connectivity index (χ3v) is 0. The third kappa shape index (κ3) is 39900. The van der Waals surface area contributed by atoms with Crippen LogP contribution in [0.1, 0.15) is 138 Å². The minimum absolute atomic E-state index is 0. The molecule has 0 rings (SSSR count). The summed E-state index contributed by atoms with van der Waals surface area (Å²) in [7, 11) is 0. The standard InChI is InChI=1S/20C2H5O.5W/c20*1-2-3;;;;;/h20*2H2,1H3;;;;;/q20*-1;;;;;. The van der Waals surface area contributed by atoms with Crippen LogP contribution >= 0.6 is 0 Å². The predicted octanol–water partition coefficient (Wildman–Crippen LogP) is -12.7. The molecule has 0 fully saturated rings. The molecule has 0 heterocycles. The first-order valence-electron chi connectivity index (χ1n) is 19.9. The van der Waals surface area contributed by atoms with Crippen molar-refractivity contribution in [3.8, 4) is 0 Å². The van der Waals surface area contributed by atoms with Gasteiger partial charge < -0.3 is 102 Å². The van der Waals surface area contributed by atoms with E-state index in [2.05, 4.69) is 0 Å². The van der Waals surface area contributed by atoms with Crippen molar-refractivity contribution < 1.29 is 207 Å². The van der Waals surface area contributed by atoms with E-state index in [1.807, 2.05) is 0 Å². The SMILES string of the molecule is CC[O-].CC[O-].CC[O-].CC[O-].CC[O-].CC[O-].CC[O-].CC[O-].CC[O-].CC[O-].CC[O-].CC[O-].CC[O-].CC[O-].CC[O-].CC[O-].CC[O-].CC[O-].CC[O-].CC[O-].[W].[W].[W].[W].[W]. The quantitative estimate of drug-likeness (QED) is 0.217. The van der Waals surface area contributed by atoms with Crippen LogP contribution in [0, 0.1) is 0 Å². The Kier molecular flexibility index (Phi) is 1420. The molecule has 0 saturated carbocycles. The summed E-state index contributed by atoms with van der Waals surface area (Å²) in [6.07, 6.45) is 0. The maximum absolute atomic E-state index is 8.93. The molecule has 0 aliphatic carbocycles. The fourth-order valence-corrected chi connectivity index (χ4v) is 0. The van der Waals surface area contributed by atoms with Gasteiger partial charge in [-0.2, -0.15) is 0 Å². The van der Waals surface area contributed by atoms with E-state index in [0.717, 1.165) is 0 Å². The van der Waals surface area contributed by atoms with Crippen molar-refractivity contribution >= 4 is 0 Å². The smallest absolute Gasteiger partial charge is 0 e. The van der Waals surface area contributed by atoms with E-state index in [1.165, 1.54) is 0 Å². The average Bonchev–Trinajstić information content (AvgIpc) is 3.12. The summed E-state index contributed by atoms with van der Waals surface area (Å²) in [5.74, 6) is 0. The fourth-order valence-electron chi connectivity index (χ4n) is 0. The summed E-state index contributed by atoms with van der Waals surface area (Å²) in [6.45, 7) is 31.4. The van der Waals surface area contributed by atoms with Crippen LogP contribution in [0.3, 0.4) is 0 Å². The van der Waals surface area contributed by atoms with Crippen molar-refractivity contribution in [1.82, 2.24) is 0 Å². The molecule has 0 aromatic heterocycles. The van der Waals surface area contributed by atoms with Gasteiger partial charge >= 0.3 is 0 Å².